The summed E-state index contributed by atoms with van der Waals surface area (Å²) < 4.78 is 85.0. The van der Waals surface area contributed by atoms with E-state index in [0.717, 1.165) is 0 Å². The Labute approximate surface area is 104 Å². The van der Waals surface area contributed by atoms with E-state index in [4.69, 9.17) is 13.7 Å². The van der Waals surface area contributed by atoms with Gasteiger partial charge in [0.05, 0.1) is 0 Å². The number of rotatable bonds is 3. The SMILES string of the molecule is O=S(=O)(O)P(S(=O)(=O)O)S(=O)(=O)O.[H-].[Na+]. The Hall–Kier alpha value is 1.16. The molecule has 0 aromatic rings. The van der Waals surface area contributed by atoms with Crippen molar-refractivity contribution in [2.45, 2.75) is 0 Å². The Bertz CT molecular complexity index is 407. The smallest absolute Gasteiger partial charge is 1.00 e. The first kappa shape index (κ1) is 17.6. The number of hydrogen-bond acceptors (Lipinski definition) is 6. The Morgan fingerprint density at radius 3 is 0.857 bits per heavy atom. The second kappa shape index (κ2) is 4.99. The second-order valence-electron chi connectivity index (χ2n) is 1.57. The molecular formula is H4NaO9PS3. The van der Waals surface area contributed by atoms with E-state index >= 15 is 0 Å². The van der Waals surface area contributed by atoms with Gasteiger partial charge in [-0.25, -0.2) is 0 Å². The van der Waals surface area contributed by atoms with Crippen molar-refractivity contribution >= 4 is 34.7 Å². The zero-order valence-corrected chi connectivity index (χ0v) is 11.8. The van der Waals surface area contributed by atoms with Crippen LogP contribution in [0.3, 0.4) is 0 Å². The van der Waals surface area contributed by atoms with Crippen LogP contribution in [0.25, 0.3) is 0 Å². The van der Waals surface area contributed by atoms with Crippen LogP contribution < -0.4 is 29.6 Å². The maximum atomic E-state index is 10.1. The Morgan fingerprint density at radius 1 is 0.714 bits per heavy atom. The Kier molecular flexibility index (Phi) is 6.26. The average molecular weight is 298 g/mol. The summed E-state index contributed by atoms with van der Waals surface area (Å²) in [5.41, 5.74) is -4.40. The van der Waals surface area contributed by atoms with Crippen LogP contribution in [0.2, 0.25) is 0 Å². The van der Waals surface area contributed by atoms with E-state index in [9.17, 15) is 25.3 Å². The monoisotopic (exact) mass is 298 g/mol. The summed E-state index contributed by atoms with van der Waals surface area (Å²) in [6, 6.07) is 0. The summed E-state index contributed by atoms with van der Waals surface area (Å²) in [5.74, 6) is 0. The second-order valence-corrected chi connectivity index (χ2v) is 14.2. The van der Waals surface area contributed by atoms with Gasteiger partial charge >= 0.3 is 64.3 Å². The van der Waals surface area contributed by atoms with Gasteiger partial charge in [-0.2, -0.15) is 25.3 Å². The van der Waals surface area contributed by atoms with E-state index in [0.29, 0.717) is 0 Å². The predicted molar refractivity (Wildman–Crippen MR) is 42.7 cm³/mol. The fourth-order valence-corrected chi connectivity index (χ4v) is 9.64. The van der Waals surface area contributed by atoms with Crippen molar-refractivity contribution in [3.05, 3.63) is 0 Å². The van der Waals surface area contributed by atoms with E-state index in [-0.39, 0.29) is 31.0 Å². The molecule has 0 heterocycles. The van der Waals surface area contributed by atoms with Gasteiger partial charge in [0.1, 0.15) is 0 Å². The molecule has 0 atom stereocenters. The van der Waals surface area contributed by atoms with Crippen molar-refractivity contribution in [2.75, 3.05) is 0 Å². The van der Waals surface area contributed by atoms with Gasteiger partial charge in [-0.3, -0.25) is 13.7 Å². The molecule has 0 aliphatic heterocycles. The molecule has 0 saturated heterocycles. The van der Waals surface area contributed by atoms with Crippen LogP contribution in [0.5, 0.6) is 0 Å². The first-order valence-electron chi connectivity index (χ1n) is 2.10. The molecule has 0 aromatic heterocycles. The maximum absolute atomic E-state index is 10.1. The first-order chi connectivity index (χ1) is 5.37. The Balaban J connectivity index is -0.000000720. The van der Waals surface area contributed by atoms with Gasteiger partial charge in [0.25, 0.3) is 0 Å². The third-order valence-electron chi connectivity index (χ3n) is 0.565. The van der Waals surface area contributed by atoms with Crippen LogP contribution in [0.15, 0.2) is 0 Å². The summed E-state index contributed by atoms with van der Waals surface area (Å²) in [4.78, 5) is 0. The molecule has 9 nitrogen and oxygen atoms in total. The summed E-state index contributed by atoms with van der Waals surface area (Å²) >= 11 is 0. The Morgan fingerprint density at radius 2 is 0.857 bits per heavy atom. The largest absolute Gasteiger partial charge is 1.00 e. The molecule has 3 N–H and O–H groups in total. The van der Waals surface area contributed by atoms with E-state index in [1.54, 1.807) is 0 Å². The van der Waals surface area contributed by atoms with Crippen molar-refractivity contribution in [3.8, 4) is 0 Å². The van der Waals surface area contributed by atoms with Gasteiger partial charge < -0.3 is 1.43 Å². The summed E-state index contributed by atoms with van der Waals surface area (Å²) in [5, 5.41) is 0. The van der Waals surface area contributed by atoms with Crippen LogP contribution in [-0.2, 0) is 29.2 Å². The van der Waals surface area contributed by atoms with Gasteiger partial charge in [-0.05, 0) is 0 Å². The van der Waals surface area contributed by atoms with E-state index in [1.807, 2.05) is 0 Å². The molecule has 0 fully saturated rings. The molecule has 82 valence electrons. The van der Waals surface area contributed by atoms with Gasteiger partial charge in [0.15, 0.2) is 0 Å². The molecular weight excluding hydrogens is 294 g/mol. The fraction of sp³-hybridized carbons (Fsp3) is 0. The molecule has 0 aromatic carbocycles. The molecule has 0 amide bonds. The van der Waals surface area contributed by atoms with Gasteiger partial charge in [-0.1, -0.05) is 0 Å². The van der Waals surface area contributed by atoms with Crippen molar-refractivity contribution < 1.29 is 69.9 Å². The van der Waals surface area contributed by atoms with E-state index < -0.39 is 34.7 Å². The average Bonchev–Trinajstić information content (AvgIpc) is 1.44. The fourth-order valence-electron chi connectivity index (χ4n) is 0.357. The maximum Gasteiger partial charge on any atom is 1.00 e. The summed E-state index contributed by atoms with van der Waals surface area (Å²) in [6.45, 7) is 0. The van der Waals surface area contributed by atoms with Crippen molar-refractivity contribution in [2.24, 2.45) is 0 Å². The molecule has 0 saturated carbocycles. The van der Waals surface area contributed by atoms with E-state index in [2.05, 4.69) is 0 Å². The van der Waals surface area contributed by atoms with Gasteiger partial charge in [0.2, 0.25) is 0 Å². The molecule has 0 radical (unpaired) electrons. The van der Waals surface area contributed by atoms with E-state index in [1.165, 1.54) is 0 Å². The van der Waals surface area contributed by atoms with Crippen LogP contribution in [0.4, 0.5) is 0 Å². The zero-order chi connectivity index (χ0) is 11.1. The van der Waals surface area contributed by atoms with Crippen LogP contribution in [-0.4, -0.2) is 38.9 Å². The zero-order valence-electron chi connectivity index (χ0n) is 7.46. The standard InChI is InChI=1S/Na.H3O9PS3.H/c;1-11(2,3)10(12(4,5)6)13(7,8)9;/h;(H,1,2,3)(H,4,5,6)(H,7,8,9);/q+1;;-1. The van der Waals surface area contributed by atoms with Crippen molar-refractivity contribution in [1.29, 1.82) is 0 Å². The molecule has 0 spiro atoms. The minimum atomic E-state index is -5.59. The van der Waals surface area contributed by atoms with Gasteiger partial charge in [-0.15, -0.1) is 0 Å². The molecule has 0 aliphatic rings. The molecule has 0 bridgehead atoms. The van der Waals surface area contributed by atoms with Crippen LogP contribution in [0.1, 0.15) is 1.43 Å². The minimum Gasteiger partial charge on any atom is -1.00 e. The molecule has 14 heavy (non-hydrogen) atoms. The summed E-state index contributed by atoms with van der Waals surface area (Å²) in [6.07, 6.45) is 0. The minimum absolute atomic E-state index is 0. The third-order valence-corrected chi connectivity index (χ3v) is 15.3. The molecule has 0 rings (SSSR count). The predicted octanol–water partition coefficient (Wildman–Crippen LogP) is -4.01. The third kappa shape index (κ3) is 5.30. The summed E-state index contributed by atoms with van der Waals surface area (Å²) in [7, 11) is -16.8. The normalized spacial score (nSPS) is 13.7. The van der Waals surface area contributed by atoms with Crippen LogP contribution in [0, 0.1) is 0 Å². The van der Waals surface area contributed by atoms with Crippen molar-refractivity contribution in [3.63, 3.8) is 0 Å². The molecule has 0 unspecified atom stereocenters. The first-order valence-corrected chi connectivity index (χ1v) is 9.57. The molecule has 0 aliphatic carbocycles. The topological polar surface area (TPSA) is 163 Å². The van der Waals surface area contributed by atoms with Crippen molar-refractivity contribution in [1.82, 2.24) is 0 Å². The molecule has 14 heteroatoms. The van der Waals surface area contributed by atoms with Crippen LogP contribution >= 0.6 is 5.53 Å². The van der Waals surface area contributed by atoms with Gasteiger partial charge in [0, 0.05) is 0 Å². The number of hydrogen-bond donors (Lipinski definition) is 3. The quantitative estimate of drug-likeness (QED) is 0.267.